The normalized spacial score (nSPS) is 21.9. The van der Waals surface area contributed by atoms with Crippen molar-refractivity contribution in [2.24, 2.45) is 0 Å². The van der Waals surface area contributed by atoms with E-state index in [1.807, 2.05) is 30.3 Å². The van der Waals surface area contributed by atoms with Crippen LogP contribution in [0.2, 0.25) is 0 Å². The number of nitrogens with one attached hydrogen (secondary N) is 1. The van der Waals surface area contributed by atoms with Gasteiger partial charge in [-0.3, -0.25) is 9.69 Å². The number of carbonyl (C=O) groups is 1. The van der Waals surface area contributed by atoms with Gasteiger partial charge in [-0.15, -0.1) is 0 Å². The lowest BCUT2D eigenvalue weighted by molar-refractivity contribution is -0.124. The van der Waals surface area contributed by atoms with Gasteiger partial charge in [-0.25, -0.2) is 0 Å². The van der Waals surface area contributed by atoms with Gasteiger partial charge in [-0.2, -0.15) is 4.98 Å². The van der Waals surface area contributed by atoms with Gasteiger partial charge in [0.15, 0.2) is 5.82 Å². The molecule has 0 bridgehead atoms. The first-order valence-corrected chi connectivity index (χ1v) is 10.3. The number of amides is 1. The van der Waals surface area contributed by atoms with Crippen molar-refractivity contribution in [2.45, 2.75) is 50.6 Å². The third-order valence-corrected chi connectivity index (χ3v) is 5.56. The zero-order valence-electron chi connectivity index (χ0n) is 16.2. The highest BCUT2D eigenvalue weighted by Gasteiger charge is 2.29. The maximum atomic E-state index is 12.6. The van der Waals surface area contributed by atoms with Crippen molar-refractivity contribution in [3.8, 4) is 11.5 Å². The first kappa shape index (κ1) is 19.1. The third kappa shape index (κ3) is 4.77. The summed E-state index contributed by atoms with van der Waals surface area (Å²) < 4.78 is 10.9. The Balaban J connectivity index is 1.44. The van der Waals surface area contributed by atoms with Crippen LogP contribution in [0.15, 0.2) is 34.9 Å². The van der Waals surface area contributed by atoms with E-state index in [2.05, 4.69) is 20.4 Å². The maximum absolute atomic E-state index is 12.6. The van der Waals surface area contributed by atoms with Gasteiger partial charge in [0.1, 0.15) is 0 Å². The zero-order valence-corrected chi connectivity index (χ0v) is 16.2. The molecule has 2 aromatic rings. The van der Waals surface area contributed by atoms with Gasteiger partial charge in [0.2, 0.25) is 5.91 Å². The fourth-order valence-corrected chi connectivity index (χ4v) is 4.02. The summed E-state index contributed by atoms with van der Waals surface area (Å²) in [5.74, 6) is 1.29. The molecule has 1 atom stereocenters. The van der Waals surface area contributed by atoms with E-state index in [1.165, 1.54) is 0 Å². The Morgan fingerprint density at radius 2 is 1.93 bits per heavy atom. The highest BCUT2D eigenvalue weighted by molar-refractivity contribution is 5.78. The topological polar surface area (TPSA) is 80.5 Å². The molecule has 2 aliphatic rings. The van der Waals surface area contributed by atoms with Crippen LogP contribution >= 0.6 is 0 Å². The summed E-state index contributed by atoms with van der Waals surface area (Å²) in [4.78, 5) is 19.5. The van der Waals surface area contributed by atoms with Crippen LogP contribution in [-0.2, 0) is 9.53 Å². The van der Waals surface area contributed by atoms with Crippen molar-refractivity contribution in [3.05, 3.63) is 36.2 Å². The monoisotopic (exact) mass is 384 g/mol. The van der Waals surface area contributed by atoms with Crippen LogP contribution in [0.1, 0.15) is 50.4 Å². The van der Waals surface area contributed by atoms with Crippen LogP contribution in [-0.4, -0.2) is 53.3 Å². The van der Waals surface area contributed by atoms with Crippen molar-refractivity contribution in [1.29, 1.82) is 0 Å². The van der Waals surface area contributed by atoms with Crippen molar-refractivity contribution in [2.75, 3.05) is 26.3 Å². The molecule has 4 rings (SSSR count). The lowest BCUT2D eigenvalue weighted by Gasteiger charge is -2.29. The van der Waals surface area contributed by atoms with Gasteiger partial charge in [0.05, 0.1) is 12.6 Å². The molecule has 0 spiro atoms. The molecule has 0 aliphatic carbocycles. The third-order valence-electron chi connectivity index (χ3n) is 5.56. The van der Waals surface area contributed by atoms with Crippen LogP contribution < -0.4 is 5.32 Å². The predicted octanol–water partition coefficient (Wildman–Crippen LogP) is 2.95. The SMILES string of the molecule is O=C(CN1CCCCC[C@H]1c1noc(-c2ccccc2)n1)NC1CCOCC1. The summed E-state index contributed by atoms with van der Waals surface area (Å²) in [6, 6.07) is 10.0. The molecule has 3 heterocycles. The molecule has 2 aliphatic heterocycles. The molecular formula is C21H28N4O3. The lowest BCUT2D eigenvalue weighted by atomic mass is 10.1. The van der Waals surface area contributed by atoms with E-state index in [0.29, 0.717) is 18.3 Å². The fourth-order valence-electron chi connectivity index (χ4n) is 4.02. The van der Waals surface area contributed by atoms with Crippen LogP contribution in [0.25, 0.3) is 11.5 Å². The van der Waals surface area contributed by atoms with E-state index in [9.17, 15) is 4.79 Å². The minimum Gasteiger partial charge on any atom is -0.381 e. The van der Waals surface area contributed by atoms with E-state index in [0.717, 1.165) is 63.8 Å². The van der Waals surface area contributed by atoms with Crippen LogP contribution in [0.5, 0.6) is 0 Å². The Kier molecular flexibility index (Phi) is 6.34. The summed E-state index contributed by atoms with van der Waals surface area (Å²) in [5, 5.41) is 7.42. The molecule has 2 fully saturated rings. The van der Waals surface area contributed by atoms with Gasteiger partial charge >= 0.3 is 0 Å². The van der Waals surface area contributed by atoms with E-state index in [4.69, 9.17) is 9.26 Å². The number of benzene rings is 1. The van der Waals surface area contributed by atoms with Crippen molar-refractivity contribution in [1.82, 2.24) is 20.4 Å². The predicted molar refractivity (Wildman–Crippen MR) is 104 cm³/mol. The maximum Gasteiger partial charge on any atom is 0.257 e. The lowest BCUT2D eigenvalue weighted by Crippen LogP contribution is -2.45. The highest BCUT2D eigenvalue weighted by atomic mass is 16.5. The Morgan fingerprint density at radius 3 is 2.75 bits per heavy atom. The second-order valence-electron chi connectivity index (χ2n) is 7.61. The minimum atomic E-state index is 0.0177. The number of hydrogen-bond acceptors (Lipinski definition) is 6. The second-order valence-corrected chi connectivity index (χ2v) is 7.61. The van der Waals surface area contributed by atoms with Gasteiger partial charge in [0.25, 0.3) is 5.89 Å². The number of rotatable bonds is 5. The molecule has 1 N–H and O–H groups in total. The molecule has 2 saturated heterocycles. The number of nitrogens with zero attached hydrogens (tertiary/aromatic N) is 3. The number of ether oxygens (including phenoxy) is 1. The summed E-state index contributed by atoms with van der Waals surface area (Å²) in [6.45, 7) is 2.70. The summed E-state index contributed by atoms with van der Waals surface area (Å²) >= 11 is 0. The Morgan fingerprint density at radius 1 is 1.11 bits per heavy atom. The van der Waals surface area contributed by atoms with Gasteiger partial charge < -0.3 is 14.6 Å². The molecule has 150 valence electrons. The Labute approximate surface area is 165 Å². The molecular weight excluding hydrogens is 356 g/mol. The summed E-state index contributed by atoms with van der Waals surface area (Å²) in [6.07, 6.45) is 6.08. The highest BCUT2D eigenvalue weighted by Crippen LogP contribution is 2.29. The van der Waals surface area contributed by atoms with Crippen molar-refractivity contribution >= 4 is 5.91 Å². The Bertz CT molecular complexity index is 758. The van der Waals surface area contributed by atoms with E-state index >= 15 is 0 Å². The summed E-state index contributed by atoms with van der Waals surface area (Å²) in [5.41, 5.74) is 0.915. The molecule has 28 heavy (non-hydrogen) atoms. The molecule has 1 aromatic heterocycles. The number of likely N-dealkylation sites (tertiary alicyclic amines) is 1. The first-order chi connectivity index (χ1) is 13.8. The van der Waals surface area contributed by atoms with Crippen LogP contribution in [0, 0.1) is 0 Å². The number of carbonyl (C=O) groups excluding carboxylic acids is 1. The fraction of sp³-hybridized carbons (Fsp3) is 0.571. The van der Waals surface area contributed by atoms with E-state index in [1.54, 1.807) is 0 Å². The van der Waals surface area contributed by atoms with Crippen molar-refractivity contribution < 1.29 is 14.1 Å². The molecule has 7 heteroatoms. The first-order valence-electron chi connectivity index (χ1n) is 10.3. The second kappa shape index (κ2) is 9.30. The minimum absolute atomic E-state index is 0.0177. The van der Waals surface area contributed by atoms with Crippen molar-refractivity contribution in [3.63, 3.8) is 0 Å². The van der Waals surface area contributed by atoms with E-state index in [-0.39, 0.29) is 18.0 Å². The van der Waals surface area contributed by atoms with Gasteiger partial charge in [0, 0.05) is 24.8 Å². The average Bonchev–Trinajstić information content (AvgIpc) is 3.10. The molecule has 0 unspecified atom stereocenters. The molecule has 1 amide bonds. The van der Waals surface area contributed by atoms with Gasteiger partial charge in [-0.05, 0) is 44.4 Å². The van der Waals surface area contributed by atoms with E-state index < -0.39 is 0 Å². The van der Waals surface area contributed by atoms with Gasteiger partial charge in [-0.1, -0.05) is 36.2 Å². The molecule has 0 radical (unpaired) electrons. The molecule has 0 saturated carbocycles. The van der Waals surface area contributed by atoms with Crippen LogP contribution in [0.4, 0.5) is 0 Å². The standard InChI is InChI=1S/C21H28N4O3/c26-19(22-17-10-13-27-14-11-17)15-25-12-6-2-5-9-18(25)20-23-21(28-24-20)16-7-3-1-4-8-16/h1,3-4,7-8,17-18H,2,5-6,9-15H2,(H,22,26)/t18-/m0/s1. The average molecular weight is 384 g/mol. The largest absolute Gasteiger partial charge is 0.381 e. The molecule has 7 nitrogen and oxygen atoms in total. The smallest absolute Gasteiger partial charge is 0.257 e. The summed E-state index contributed by atoms with van der Waals surface area (Å²) in [7, 11) is 0. The zero-order chi connectivity index (χ0) is 19.2. The van der Waals surface area contributed by atoms with Crippen LogP contribution in [0.3, 0.4) is 0 Å². The Hall–Kier alpha value is -2.25. The number of hydrogen-bond donors (Lipinski definition) is 1. The quantitative estimate of drug-likeness (QED) is 0.854. The molecule has 1 aromatic carbocycles. The number of aromatic nitrogens is 2.